The van der Waals surface area contributed by atoms with Gasteiger partial charge in [0, 0.05) is 27.4 Å². The first-order valence-corrected chi connectivity index (χ1v) is 9.25. The van der Waals surface area contributed by atoms with Gasteiger partial charge in [0.25, 0.3) is 6.47 Å². The van der Waals surface area contributed by atoms with E-state index >= 15 is 0 Å². The van der Waals surface area contributed by atoms with Gasteiger partial charge in [-0.25, -0.2) is 0 Å². The maximum atomic E-state index is 8.36. The Morgan fingerprint density at radius 1 is 1.40 bits per heavy atom. The number of rotatable bonds is 1. The Labute approximate surface area is 165 Å². The zero-order valence-electron chi connectivity index (χ0n) is 13.6. The number of nitrogens with zero attached hydrogens (tertiary/aromatic N) is 1. The number of benzene rings is 2. The number of halogens is 2. The number of nitrogens with one attached hydrogen (secondary N) is 1. The highest BCUT2D eigenvalue weighted by Gasteiger charge is 2.21. The van der Waals surface area contributed by atoms with Crippen LogP contribution in [0.2, 0.25) is 5.02 Å². The number of aryl methyl sites for hydroxylation is 1. The molecule has 7 heteroatoms. The van der Waals surface area contributed by atoms with Crippen molar-refractivity contribution in [3.05, 3.63) is 57.0 Å². The van der Waals surface area contributed by atoms with E-state index in [4.69, 9.17) is 33.7 Å². The van der Waals surface area contributed by atoms with Crippen LogP contribution < -0.4 is 10.2 Å². The van der Waals surface area contributed by atoms with Crippen LogP contribution in [-0.2, 0) is 11.2 Å². The normalized spacial score (nSPS) is 12.5. The number of anilines is 2. The lowest BCUT2D eigenvalue weighted by Gasteiger charge is -2.32. The van der Waals surface area contributed by atoms with Crippen LogP contribution >= 0.6 is 39.7 Å². The van der Waals surface area contributed by atoms with Gasteiger partial charge in [-0.05, 0) is 67.4 Å². The van der Waals surface area contributed by atoms with Crippen molar-refractivity contribution in [1.82, 2.24) is 0 Å². The van der Waals surface area contributed by atoms with Crippen LogP contribution in [0.15, 0.2) is 40.9 Å². The highest BCUT2D eigenvalue weighted by atomic mass is 79.9. The van der Waals surface area contributed by atoms with E-state index in [1.54, 1.807) is 0 Å². The molecule has 2 N–H and O–H groups in total. The van der Waals surface area contributed by atoms with Gasteiger partial charge in [0.2, 0.25) is 0 Å². The molecule has 0 amide bonds. The van der Waals surface area contributed by atoms with Crippen LogP contribution in [0.3, 0.4) is 0 Å². The van der Waals surface area contributed by atoms with Crippen LogP contribution in [0.5, 0.6) is 0 Å². The number of hydrogen-bond acceptors (Lipinski definition) is 2. The summed E-state index contributed by atoms with van der Waals surface area (Å²) in [5.74, 6) is 0. The molecule has 0 aromatic heterocycles. The third-order valence-electron chi connectivity index (χ3n) is 3.86. The molecule has 0 aliphatic carbocycles. The topological polar surface area (TPSA) is 52.6 Å². The molecule has 0 atom stereocenters. The van der Waals surface area contributed by atoms with Crippen LogP contribution in [0.1, 0.15) is 17.5 Å². The number of fused-ring (bicyclic) bond motifs is 1. The number of carboxylic acid groups (broad SMARTS) is 1. The number of carbonyl (C=O) groups is 1. The maximum Gasteiger partial charge on any atom is 0.290 e. The third kappa shape index (κ3) is 4.93. The highest BCUT2D eigenvalue weighted by Crippen LogP contribution is 2.33. The summed E-state index contributed by atoms with van der Waals surface area (Å²) in [5.41, 5.74) is 4.48. The predicted octanol–water partition coefficient (Wildman–Crippen LogP) is 5.26. The van der Waals surface area contributed by atoms with E-state index in [-0.39, 0.29) is 6.47 Å². The fourth-order valence-corrected chi connectivity index (χ4v) is 3.70. The molecule has 0 unspecified atom stereocenters. The van der Waals surface area contributed by atoms with Gasteiger partial charge in [-0.15, -0.1) is 0 Å². The number of thiocarbonyl (C=S) groups is 1. The fourth-order valence-electron chi connectivity index (χ4n) is 2.65. The maximum absolute atomic E-state index is 8.36. The van der Waals surface area contributed by atoms with Crippen molar-refractivity contribution in [3.63, 3.8) is 0 Å². The summed E-state index contributed by atoms with van der Waals surface area (Å²) in [7, 11) is 0. The third-order valence-corrected chi connectivity index (χ3v) is 5.33. The smallest absolute Gasteiger partial charge is 0.290 e. The first kappa shape index (κ1) is 19.7. The van der Waals surface area contributed by atoms with E-state index in [0.29, 0.717) is 5.11 Å². The second-order valence-corrected chi connectivity index (χ2v) is 7.14. The minimum atomic E-state index is -0.250. The minimum Gasteiger partial charge on any atom is -0.483 e. The van der Waals surface area contributed by atoms with Crippen molar-refractivity contribution in [2.75, 3.05) is 16.8 Å². The Morgan fingerprint density at radius 3 is 2.80 bits per heavy atom. The summed E-state index contributed by atoms with van der Waals surface area (Å²) < 4.78 is 1.15. The standard InChI is InChI=1S/C17H16BrClN2S.CH2O2/c1-11-7-8-12(10-15(11)19)20-17(22)21-9-3-4-13-14(18)5-2-6-16(13)21;2-1-3/h2,5-8,10H,3-4,9H2,1H3,(H,20,22);1H,(H,2,3). The van der Waals surface area contributed by atoms with E-state index < -0.39 is 0 Å². The summed E-state index contributed by atoms with van der Waals surface area (Å²) >= 11 is 15.4. The largest absolute Gasteiger partial charge is 0.483 e. The average molecular weight is 442 g/mol. The summed E-state index contributed by atoms with van der Waals surface area (Å²) in [6.45, 7) is 2.66. The first-order chi connectivity index (χ1) is 12.0. The molecule has 1 aliphatic heterocycles. The van der Waals surface area contributed by atoms with Gasteiger partial charge in [-0.2, -0.15) is 0 Å². The van der Waals surface area contributed by atoms with E-state index in [1.807, 2.05) is 31.2 Å². The first-order valence-electron chi connectivity index (χ1n) is 7.68. The van der Waals surface area contributed by atoms with Crippen molar-refractivity contribution < 1.29 is 9.90 Å². The van der Waals surface area contributed by atoms with Gasteiger partial charge in [0.1, 0.15) is 0 Å². The lowest BCUT2D eigenvalue weighted by atomic mass is 10.0. The summed E-state index contributed by atoms with van der Waals surface area (Å²) in [5, 5.41) is 11.6. The minimum absolute atomic E-state index is 0.250. The molecule has 25 heavy (non-hydrogen) atoms. The molecule has 0 spiro atoms. The summed E-state index contributed by atoms with van der Waals surface area (Å²) in [6.07, 6.45) is 2.16. The molecule has 1 heterocycles. The Bertz CT molecular complexity index is 786. The molecule has 3 rings (SSSR count). The van der Waals surface area contributed by atoms with Gasteiger partial charge in [0.15, 0.2) is 5.11 Å². The second-order valence-electron chi connectivity index (χ2n) is 5.49. The molecule has 2 aromatic rings. The van der Waals surface area contributed by atoms with Crippen molar-refractivity contribution >= 4 is 62.7 Å². The van der Waals surface area contributed by atoms with E-state index in [9.17, 15) is 0 Å². The van der Waals surface area contributed by atoms with Gasteiger partial charge in [-0.1, -0.05) is 39.7 Å². The molecule has 132 valence electrons. The zero-order valence-corrected chi connectivity index (χ0v) is 16.8. The van der Waals surface area contributed by atoms with Gasteiger partial charge in [0.05, 0.1) is 0 Å². The molecule has 0 radical (unpaired) electrons. The van der Waals surface area contributed by atoms with Crippen LogP contribution in [0, 0.1) is 6.92 Å². The van der Waals surface area contributed by atoms with Crippen molar-refractivity contribution in [3.8, 4) is 0 Å². The molecule has 4 nitrogen and oxygen atoms in total. The molecule has 0 fully saturated rings. The van der Waals surface area contributed by atoms with E-state index in [1.165, 1.54) is 11.3 Å². The van der Waals surface area contributed by atoms with Crippen molar-refractivity contribution in [1.29, 1.82) is 0 Å². The summed E-state index contributed by atoms with van der Waals surface area (Å²) in [6, 6.07) is 12.2. The Kier molecular flexibility index (Phi) is 7.23. The van der Waals surface area contributed by atoms with Crippen LogP contribution in [0.4, 0.5) is 11.4 Å². The number of hydrogen-bond donors (Lipinski definition) is 2. The molecule has 0 saturated carbocycles. The van der Waals surface area contributed by atoms with Gasteiger partial charge < -0.3 is 15.3 Å². The zero-order chi connectivity index (χ0) is 18.4. The molecule has 2 aromatic carbocycles. The molecule has 0 saturated heterocycles. The Balaban J connectivity index is 0.000000701. The molecular formula is C18H18BrClN2O2S. The van der Waals surface area contributed by atoms with E-state index in [0.717, 1.165) is 40.1 Å². The molecule has 1 aliphatic rings. The Morgan fingerprint density at radius 2 is 2.12 bits per heavy atom. The monoisotopic (exact) mass is 440 g/mol. The predicted molar refractivity (Wildman–Crippen MR) is 111 cm³/mol. The van der Waals surface area contributed by atoms with Crippen molar-refractivity contribution in [2.45, 2.75) is 19.8 Å². The molecule has 0 bridgehead atoms. The Hall–Kier alpha value is -1.63. The highest BCUT2D eigenvalue weighted by molar-refractivity contribution is 9.10. The summed E-state index contributed by atoms with van der Waals surface area (Å²) in [4.78, 5) is 10.5. The van der Waals surface area contributed by atoms with Gasteiger partial charge >= 0.3 is 0 Å². The lowest BCUT2D eigenvalue weighted by Crippen LogP contribution is -2.38. The fraction of sp³-hybridized carbons (Fsp3) is 0.222. The lowest BCUT2D eigenvalue weighted by molar-refractivity contribution is -0.122. The van der Waals surface area contributed by atoms with E-state index in [2.05, 4.69) is 38.3 Å². The van der Waals surface area contributed by atoms with Crippen molar-refractivity contribution in [2.24, 2.45) is 0 Å². The molecular weight excluding hydrogens is 424 g/mol. The second kappa shape index (κ2) is 9.17. The quantitative estimate of drug-likeness (QED) is 0.467. The van der Waals surface area contributed by atoms with Crippen LogP contribution in [0.25, 0.3) is 0 Å². The SMILES string of the molecule is Cc1ccc(NC(=S)N2CCCc3c(Br)cccc32)cc1Cl.O=CO. The van der Waals surface area contributed by atoms with Gasteiger partial charge in [-0.3, -0.25) is 4.79 Å². The van der Waals surface area contributed by atoms with Crippen LogP contribution in [-0.4, -0.2) is 23.2 Å². The average Bonchev–Trinajstić information content (AvgIpc) is 2.59.